The molecule has 1 aromatic heterocycles. The summed E-state index contributed by atoms with van der Waals surface area (Å²) in [6.07, 6.45) is -4.11. The van der Waals surface area contributed by atoms with Crippen LogP contribution in [0.2, 0.25) is 0 Å². The number of aromatic nitrogens is 2. The molecule has 0 saturated carbocycles. The summed E-state index contributed by atoms with van der Waals surface area (Å²) in [6, 6.07) is 5.22. The summed E-state index contributed by atoms with van der Waals surface area (Å²) in [5.41, 5.74) is 3.49. The van der Waals surface area contributed by atoms with E-state index in [1.807, 2.05) is 0 Å². The van der Waals surface area contributed by atoms with Gasteiger partial charge in [0.25, 0.3) is 0 Å². The lowest BCUT2D eigenvalue weighted by Crippen LogP contribution is -2.53. The first kappa shape index (κ1) is 18.1. The van der Waals surface area contributed by atoms with Gasteiger partial charge in [0, 0.05) is 23.6 Å². The Morgan fingerprint density at radius 2 is 1.96 bits per heavy atom. The van der Waals surface area contributed by atoms with Crippen molar-refractivity contribution in [3.05, 3.63) is 48.0 Å². The van der Waals surface area contributed by atoms with Crippen LogP contribution in [-0.2, 0) is 10.3 Å². The van der Waals surface area contributed by atoms with Crippen LogP contribution in [0.25, 0.3) is 0 Å². The van der Waals surface area contributed by atoms with Crippen molar-refractivity contribution in [2.45, 2.75) is 24.7 Å². The number of aliphatic imine (C=N–C) groups is 1. The number of hydrogen-bond donors (Lipinski definition) is 2. The van der Waals surface area contributed by atoms with E-state index in [-0.39, 0.29) is 17.3 Å². The van der Waals surface area contributed by atoms with Gasteiger partial charge in [0.15, 0.2) is 6.10 Å². The molecule has 10 heteroatoms. The summed E-state index contributed by atoms with van der Waals surface area (Å²) in [7, 11) is 0. The van der Waals surface area contributed by atoms with Crippen LogP contribution >= 0.6 is 0 Å². The van der Waals surface area contributed by atoms with Crippen LogP contribution in [0.1, 0.15) is 12.5 Å². The number of nitrogens with one attached hydrogen (secondary N) is 1. The van der Waals surface area contributed by atoms with E-state index in [4.69, 9.17) is 10.5 Å². The molecular weight excluding hydrogens is 354 g/mol. The first-order valence-corrected chi connectivity index (χ1v) is 7.57. The second-order valence-electron chi connectivity index (χ2n) is 5.88. The fraction of sp³-hybridized carbons (Fsp3) is 0.312. The Labute approximate surface area is 146 Å². The van der Waals surface area contributed by atoms with E-state index in [0.29, 0.717) is 5.69 Å². The van der Waals surface area contributed by atoms with E-state index in [0.717, 1.165) is 13.0 Å². The molecule has 1 unspecified atom stereocenters. The van der Waals surface area contributed by atoms with Gasteiger partial charge in [-0.15, -0.1) is 0 Å². The zero-order valence-corrected chi connectivity index (χ0v) is 13.6. The van der Waals surface area contributed by atoms with E-state index in [9.17, 15) is 17.6 Å². The number of halogens is 4. The smallest absolute Gasteiger partial charge is 0.386 e. The normalized spacial score (nSPS) is 23.4. The van der Waals surface area contributed by atoms with Crippen molar-refractivity contribution in [1.29, 1.82) is 0 Å². The largest absolute Gasteiger partial charge is 0.417 e. The maximum atomic E-state index is 14.4. The molecule has 1 aromatic carbocycles. The standard InChI is InChI=1S/C16H15F4N5O/c1-15(13(16(18,19)20)26-8-12(21)25-15)10-7-9(3-4-11(10)17)24-14-22-5-2-6-23-14/h2-7,13H,8H2,1H3,(H2,21,25)(H,22,23,24)/t13-,15?/m1/s1. The van der Waals surface area contributed by atoms with Gasteiger partial charge in [0.05, 0.1) is 0 Å². The number of nitrogens with two attached hydrogens (primary N) is 1. The van der Waals surface area contributed by atoms with Crippen molar-refractivity contribution >= 4 is 17.5 Å². The number of hydrogen-bond acceptors (Lipinski definition) is 6. The molecule has 1 aliphatic heterocycles. The molecule has 0 aliphatic carbocycles. The van der Waals surface area contributed by atoms with Crippen molar-refractivity contribution in [3.63, 3.8) is 0 Å². The summed E-state index contributed by atoms with van der Waals surface area (Å²) in [5, 5.41) is 2.80. The van der Waals surface area contributed by atoms with Crippen LogP contribution in [0.5, 0.6) is 0 Å². The van der Waals surface area contributed by atoms with Gasteiger partial charge < -0.3 is 15.8 Å². The molecule has 0 bridgehead atoms. The van der Waals surface area contributed by atoms with Crippen LogP contribution < -0.4 is 11.1 Å². The third-order valence-electron chi connectivity index (χ3n) is 3.92. The number of benzene rings is 1. The first-order chi connectivity index (χ1) is 12.2. The van der Waals surface area contributed by atoms with Crippen LogP contribution in [-0.4, -0.2) is 34.7 Å². The molecule has 1 aliphatic rings. The zero-order valence-electron chi connectivity index (χ0n) is 13.6. The maximum absolute atomic E-state index is 14.4. The summed E-state index contributed by atoms with van der Waals surface area (Å²) < 4.78 is 59.6. The molecule has 2 atom stereocenters. The molecule has 0 radical (unpaired) electrons. The minimum atomic E-state index is -4.75. The number of rotatable bonds is 3. The van der Waals surface area contributed by atoms with Crippen LogP contribution in [0.3, 0.4) is 0 Å². The predicted octanol–water partition coefficient (Wildman–Crippen LogP) is 2.89. The van der Waals surface area contributed by atoms with Crippen molar-refractivity contribution in [1.82, 2.24) is 9.97 Å². The highest BCUT2D eigenvalue weighted by Gasteiger charge is 2.56. The number of alkyl halides is 3. The average molecular weight is 369 g/mol. The summed E-state index contributed by atoms with van der Waals surface area (Å²) in [4.78, 5) is 11.8. The van der Waals surface area contributed by atoms with E-state index >= 15 is 0 Å². The number of nitrogens with zero attached hydrogens (tertiary/aromatic N) is 3. The molecule has 26 heavy (non-hydrogen) atoms. The van der Waals surface area contributed by atoms with Gasteiger partial charge >= 0.3 is 6.18 Å². The van der Waals surface area contributed by atoms with E-state index in [2.05, 4.69) is 20.3 Å². The maximum Gasteiger partial charge on any atom is 0.417 e. The Bertz CT molecular complexity index is 827. The summed E-state index contributed by atoms with van der Waals surface area (Å²) in [6.45, 7) is 0.662. The van der Waals surface area contributed by atoms with Crippen molar-refractivity contribution in [3.8, 4) is 0 Å². The van der Waals surface area contributed by atoms with Gasteiger partial charge in [-0.3, -0.25) is 4.99 Å². The molecule has 3 rings (SSSR count). The Hall–Kier alpha value is -2.75. The Balaban J connectivity index is 2.05. The lowest BCUT2D eigenvalue weighted by atomic mass is 9.84. The average Bonchev–Trinajstić information content (AvgIpc) is 2.56. The number of ether oxygens (including phenoxy) is 1. The molecule has 2 heterocycles. The van der Waals surface area contributed by atoms with Gasteiger partial charge in [-0.05, 0) is 31.2 Å². The predicted molar refractivity (Wildman–Crippen MR) is 86.5 cm³/mol. The van der Waals surface area contributed by atoms with Gasteiger partial charge in [-0.2, -0.15) is 13.2 Å². The second kappa shape index (κ2) is 6.52. The van der Waals surface area contributed by atoms with E-state index < -0.39 is 30.2 Å². The third kappa shape index (κ3) is 3.45. The Morgan fingerprint density at radius 3 is 2.62 bits per heavy atom. The topological polar surface area (TPSA) is 85.4 Å². The molecule has 2 aromatic rings. The fourth-order valence-electron chi connectivity index (χ4n) is 2.82. The highest BCUT2D eigenvalue weighted by atomic mass is 19.4. The zero-order chi connectivity index (χ0) is 18.9. The van der Waals surface area contributed by atoms with Gasteiger partial charge in [0.2, 0.25) is 5.95 Å². The van der Waals surface area contributed by atoms with Crippen molar-refractivity contribution in [2.24, 2.45) is 10.7 Å². The van der Waals surface area contributed by atoms with E-state index in [1.54, 1.807) is 6.07 Å². The molecule has 6 nitrogen and oxygen atoms in total. The Morgan fingerprint density at radius 1 is 1.27 bits per heavy atom. The van der Waals surface area contributed by atoms with Crippen LogP contribution in [0, 0.1) is 5.82 Å². The SMILES string of the molecule is CC1(c2cc(Nc3ncccn3)ccc2F)N=C(N)CO[C@H]1C(F)(F)F. The quantitative estimate of drug-likeness (QED) is 0.813. The summed E-state index contributed by atoms with van der Waals surface area (Å²) >= 11 is 0. The lowest BCUT2D eigenvalue weighted by molar-refractivity contribution is -0.238. The molecule has 0 saturated heterocycles. The van der Waals surface area contributed by atoms with Gasteiger partial charge in [-0.1, -0.05) is 0 Å². The van der Waals surface area contributed by atoms with Gasteiger partial charge in [-0.25, -0.2) is 14.4 Å². The minimum absolute atomic E-state index is 0.142. The molecule has 3 N–H and O–H groups in total. The lowest BCUT2D eigenvalue weighted by Gasteiger charge is -2.39. The number of anilines is 2. The molecule has 0 spiro atoms. The van der Waals surface area contributed by atoms with Crippen LogP contribution in [0.15, 0.2) is 41.7 Å². The van der Waals surface area contributed by atoms with Crippen molar-refractivity contribution in [2.75, 3.05) is 11.9 Å². The van der Waals surface area contributed by atoms with Crippen LogP contribution in [0.4, 0.5) is 29.2 Å². The third-order valence-corrected chi connectivity index (χ3v) is 3.92. The molecule has 0 amide bonds. The molecule has 138 valence electrons. The summed E-state index contributed by atoms with van der Waals surface area (Å²) in [5.74, 6) is -0.786. The van der Waals surface area contributed by atoms with Gasteiger partial charge in [0.1, 0.15) is 23.8 Å². The molecule has 0 fully saturated rings. The number of amidine groups is 1. The second-order valence-corrected chi connectivity index (χ2v) is 5.88. The first-order valence-electron chi connectivity index (χ1n) is 7.57. The highest BCUT2D eigenvalue weighted by molar-refractivity contribution is 5.83. The minimum Gasteiger partial charge on any atom is -0.386 e. The van der Waals surface area contributed by atoms with Crippen molar-refractivity contribution < 1.29 is 22.3 Å². The van der Waals surface area contributed by atoms with E-state index in [1.165, 1.54) is 24.5 Å². The highest BCUT2D eigenvalue weighted by Crippen LogP contribution is 2.43. The molecular formula is C16H15F4N5O. The Kier molecular flexibility index (Phi) is 4.53. The monoisotopic (exact) mass is 369 g/mol. The fourth-order valence-corrected chi connectivity index (χ4v) is 2.82.